The van der Waals surface area contributed by atoms with E-state index in [0.717, 1.165) is 36.4 Å². The molecule has 4 rings (SSSR count). The third kappa shape index (κ3) is 3.25. The van der Waals surface area contributed by atoms with Crippen molar-refractivity contribution in [1.29, 1.82) is 0 Å². The number of hydrogen-bond acceptors (Lipinski definition) is 4. The number of benzene rings is 1. The summed E-state index contributed by atoms with van der Waals surface area (Å²) in [7, 11) is 0. The summed E-state index contributed by atoms with van der Waals surface area (Å²) >= 11 is 0. The minimum Gasteiger partial charge on any atom is -0.341 e. The molecular formula is C20H26ClN3O3. The lowest BCUT2D eigenvalue weighted by molar-refractivity contribution is -0.137. The lowest BCUT2D eigenvalue weighted by atomic mass is 9.78. The highest BCUT2D eigenvalue weighted by molar-refractivity contribution is 6.22. The van der Waals surface area contributed by atoms with Crippen molar-refractivity contribution in [3.8, 4) is 0 Å². The SMILES string of the molecule is Cc1ccc2c(c1)C(=O)N(C(C)C(=O)N1CCC3(CCNC3)CC1)C2=O.Cl. The number of hydrogen-bond donors (Lipinski definition) is 1. The fourth-order valence-electron chi connectivity index (χ4n) is 4.52. The Balaban J connectivity index is 0.00000210. The van der Waals surface area contributed by atoms with Gasteiger partial charge < -0.3 is 10.2 Å². The molecule has 3 aliphatic rings. The number of carbonyl (C=O) groups is 3. The van der Waals surface area contributed by atoms with E-state index in [1.165, 1.54) is 6.42 Å². The first-order chi connectivity index (χ1) is 12.4. The van der Waals surface area contributed by atoms with Crippen LogP contribution in [0.15, 0.2) is 18.2 Å². The smallest absolute Gasteiger partial charge is 0.262 e. The second-order valence-electron chi connectivity index (χ2n) is 7.96. The van der Waals surface area contributed by atoms with Gasteiger partial charge in [-0.15, -0.1) is 12.4 Å². The summed E-state index contributed by atoms with van der Waals surface area (Å²) in [6, 6.07) is 4.46. The highest BCUT2D eigenvalue weighted by Gasteiger charge is 2.44. The monoisotopic (exact) mass is 391 g/mol. The van der Waals surface area contributed by atoms with Crippen LogP contribution >= 0.6 is 12.4 Å². The van der Waals surface area contributed by atoms with E-state index in [-0.39, 0.29) is 30.1 Å². The molecular weight excluding hydrogens is 366 g/mol. The molecule has 7 heteroatoms. The first-order valence-electron chi connectivity index (χ1n) is 9.40. The van der Waals surface area contributed by atoms with E-state index in [4.69, 9.17) is 0 Å². The van der Waals surface area contributed by atoms with Crippen molar-refractivity contribution >= 4 is 30.1 Å². The molecule has 6 nitrogen and oxygen atoms in total. The van der Waals surface area contributed by atoms with E-state index >= 15 is 0 Å². The Bertz CT molecular complexity index is 779. The number of halogens is 1. The maximum absolute atomic E-state index is 13.0. The van der Waals surface area contributed by atoms with Gasteiger partial charge in [-0.3, -0.25) is 19.3 Å². The third-order valence-electron chi connectivity index (χ3n) is 6.29. The van der Waals surface area contributed by atoms with Gasteiger partial charge in [0.25, 0.3) is 11.8 Å². The molecule has 0 radical (unpaired) electrons. The number of nitrogens with one attached hydrogen (secondary N) is 1. The number of piperidine rings is 1. The van der Waals surface area contributed by atoms with Gasteiger partial charge >= 0.3 is 0 Å². The summed E-state index contributed by atoms with van der Waals surface area (Å²) in [6.45, 7) is 7.04. The lowest BCUT2D eigenvalue weighted by Crippen LogP contribution is -2.52. The standard InChI is InChI=1S/C20H25N3O3.ClH/c1-13-3-4-15-16(11-13)19(26)23(18(15)25)14(2)17(24)22-9-6-20(7-10-22)5-8-21-12-20;/h3-4,11,14,21H,5-10,12H2,1-2H3;1H. The minimum atomic E-state index is -0.765. The zero-order valence-corrected chi connectivity index (χ0v) is 16.6. The highest BCUT2D eigenvalue weighted by Crippen LogP contribution is 2.37. The summed E-state index contributed by atoms with van der Waals surface area (Å²) in [6.07, 6.45) is 3.14. The van der Waals surface area contributed by atoms with Crippen LogP contribution < -0.4 is 5.32 Å². The Hall–Kier alpha value is -1.92. The normalized spacial score (nSPS) is 22.0. The van der Waals surface area contributed by atoms with E-state index in [9.17, 15) is 14.4 Å². The van der Waals surface area contributed by atoms with Crippen LogP contribution in [-0.4, -0.2) is 59.7 Å². The van der Waals surface area contributed by atoms with Crippen LogP contribution in [0.2, 0.25) is 0 Å². The van der Waals surface area contributed by atoms with Crippen LogP contribution in [-0.2, 0) is 4.79 Å². The molecule has 0 bridgehead atoms. The molecule has 3 amide bonds. The van der Waals surface area contributed by atoms with E-state index in [2.05, 4.69) is 5.32 Å². The average molecular weight is 392 g/mol. The van der Waals surface area contributed by atoms with Crippen molar-refractivity contribution in [2.45, 2.75) is 39.2 Å². The van der Waals surface area contributed by atoms with E-state index in [0.29, 0.717) is 29.6 Å². The lowest BCUT2D eigenvalue weighted by Gasteiger charge is -2.40. The van der Waals surface area contributed by atoms with Gasteiger partial charge in [0.05, 0.1) is 11.1 Å². The molecule has 1 N–H and O–H groups in total. The molecule has 3 aliphatic heterocycles. The van der Waals surface area contributed by atoms with Crippen LogP contribution in [0.1, 0.15) is 52.5 Å². The average Bonchev–Trinajstić information content (AvgIpc) is 3.18. The van der Waals surface area contributed by atoms with Gasteiger partial charge in [-0.25, -0.2) is 0 Å². The van der Waals surface area contributed by atoms with Gasteiger partial charge in [-0.05, 0) is 57.2 Å². The number of aryl methyl sites for hydroxylation is 1. The van der Waals surface area contributed by atoms with Crippen molar-refractivity contribution in [2.75, 3.05) is 26.2 Å². The fourth-order valence-corrected chi connectivity index (χ4v) is 4.52. The zero-order chi connectivity index (χ0) is 18.5. The largest absolute Gasteiger partial charge is 0.341 e. The van der Waals surface area contributed by atoms with Crippen molar-refractivity contribution in [3.05, 3.63) is 34.9 Å². The fraction of sp³-hybridized carbons (Fsp3) is 0.550. The Labute approximate surface area is 165 Å². The molecule has 1 atom stereocenters. The quantitative estimate of drug-likeness (QED) is 0.783. The van der Waals surface area contributed by atoms with Gasteiger partial charge in [0.15, 0.2) is 0 Å². The number of carbonyl (C=O) groups excluding carboxylic acids is 3. The number of likely N-dealkylation sites (tertiary alicyclic amines) is 1. The predicted molar refractivity (Wildman–Crippen MR) is 104 cm³/mol. The van der Waals surface area contributed by atoms with Gasteiger partial charge in [-0.1, -0.05) is 11.6 Å². The number of amides is 3. The molecule has 1 aromatic carbocycles. The topological polar surface area (TPSA) is 69.7 Å². The molecule has 0 aromatic heterocycles. The molecule has 3 heterocycles. The van der Waals surface area contributed by atoms with Crippen molar-refractivity contribution in [1.82, 2.24) is 15.1 Å². The van der Waals surface area contributed by atoms with Crippen molar-refractivity contribution in [3.63, 3.8) is 0 Å². The molecule has 146 valence electrons. The van der Waals surface area contributed by atoms with E-state index < -0.39 is 6.04 Å². The Kier molecular flexibility index (Phi) is 5.32. The second-order valence-corrected chi connectivity index (χ2v) is 7.96. The molecule has 1 aromatic rings. The molecule has 0 aliphatic carbocycles. The summed E-state index contributed by atoms with van der Waals surface area (Å²) in [5.41, 5.74) is 2.06. The highest BCUT2D eigenvalue weighted by atomic mass is 35.5. The molecule has 0 saturated carbocycles. The van der Waals surface area contributed by atoms with Crippen LogP contribution in [0.25, 0.3) is 0 Å². The first kappa shape index (κ1) is 19.8. The molecule has 1 unspecified atom stereocenters. The number of fused-ring (bicyclic) bond motifs is 1. The molecule has 2 fully saturated rings. The van der Waals surface area contributed by atoms with Crippen LogP contribution in [0, 0.1) is 12.3 Å². The summed E-state index contributed by atoms with van der Waals surface area (Å²) in [4.78, 5) is 41.3. The number of imide groups is 1. The van der Waals surface area contributed by atoms with Crippen molar-refractivity contribution in [2.24, 2.45) is 5.41 Å². The zero-order valence-electron chi connectivity index (χ0n) is 15.8. The summed E-state index contributed by atoms with van der Waals surface area (Å²) in [5, 5.41) is 3.42. The van der Waals surface area contributed by atoms with E-state index in [1.54, 1.807) is 19.1 Å². The molecule has 1 spiro atoms. The summed E-state index contributed by atoms with van der Waals surface area (Å²) < 4.78 is 0. The predicted octanol–water partition coefficient (Wildman–Crippen LogP) is 2.00. The van der Waals surface area contributed by atoms with Crippen molar-refractivity contribution < 1.29 is 14.4 Å². The van der Waals surface area contributed by atoms with Gasteiger partial charge in [-0.2, -0.15) is 0 Å². The van der Waals surface area contributed by atoms with Gasteiger partial charge in [0.2, 0.25) is 5.91 Å². The Morgan fingerprint density at radius 3 is 2.41 bits per heavy atom. The van der Waals surface area contributed by atoms with Crippen LogP contribution in [0.4, 0.5) is 0 Å². The third-order valence-corrected chi connectivity index (χ3v) is 6.29. The maximum atomic E-state index is 13.0. The van der Waals surface area contributed by atoms with Crippen LogP contribution in [0.3, 0.4) is 0 Å². The first-order valence-corrected chi connectivity index (χ1v) is 9.40. The number of nitrogens with zero attached hydrogens (tertiary/aromatic N) is 2. The molecule has 2 saturated heterocycles. The molecule has 27 heavy (non-hydrogen) atoms. The second kappa shape index (κ2) is 7.24. The van der Waals surface area contributed by atoms with Gasteiger partial charge in [0, 0.05) is 19.6 Å². The minimum absolute atomic E-state index is 0. The van der Waals surface area contributed by atoms with E-state index in [1.807, 2.05) is 17.9 Å². The number of rotatable bonds is 2. The van der Waals surface area contributed by atoms with Gasteiger partial charge in [0.1, 0.15) is 6.04 Å². The Morgan fingerprint density at radius 2 is 1.78 bits per heavy atom. The van der Waals surface area contributed by atoms with Crippen LogP contribution in [0.5, 0.6) is 0 Å². The summed E-state index contributed by atoms with van der Waals surface area (Å²) in [5.74, 6) is -0.848. The maximum Gasteiger partial charge on any atom is 0.262 e. The Morgan fingerprint density at radius 1 is 1.11 bits per heavy atom.